The number of hydrogen-bond acceptors (Lipinski definition) is 2. The highest BCUT2D eigenvalue weighted by molar-refractivity contribution is 5.75. The number of dihydropyridines is 1. The van der Waals surface area contributed by atoms with E-state index in [4.69, 9.17) is 4.74 Å². The van der Waals surface area contributed by atoms with Crippen molar-refractivity contribution in [3.05, 3.63) is 83.6 Å². The van der Waals surface area contributed by atoms with E-state index in [2.05, 4.69) is 19.2 Å². The molecule has 0 aliphatic carbocycles. The van der Waals surface area contributed by atoms with Crippen LogP contribution in [0, 0.1) is 0 Å². The minimum Gasteiger partial charge on any atom is -0.494 e. The molecule has 0 spiro atoms. The van der Waals surface area contributed by atoms with Crippen LogP contribution >= 0.6 is 0 Å². The third-order valence-electron chi connectivity index (χ3n) is 5.92. The van der Waals surface area contributed by atoms with Gasteiger partial charge in [0.25, 0.3) is 0 Å². The summed E-state index contributed by atoms with van der Waals surface area (Å²) in [6.07, 6.45) is 15.1. The van der Waals surface area contributed by atoms with Crippen LogP contribution in [0.4, 0.5) is 4.39 Å². The number of nitrogens with one attached hydrogen (secondary N) is 1. The first kappa shape index (κ1) is 23.1. The molecule has 3 heteroatoms. The molecule has 1 aliphatic heterocycles. The van der Waals surface area contributed by atoms with Crippen molar-refractivity contribution >= 4 is 5.57 Å². The quantitative estimate of drug-likeness (QED) is 0.280. The van der Waals surface area contributed by atoms with E-state index in [9.17, 15) is 0 Å². The van der Waals surface area contributed by atoms with Gasteiger partial charge in [-0.3, -0.25) is 0 Å². The number of alkyl halides is 1. The Morgan fingerprint density at radius 2 is 1.52 bits per heavy atom. The van der Waals surface area contributed by atoms with Gasteiger partial charge in [0.1, 0.15) is 5.75 Å². The highest BCUT2D eigenvalue weighted by Gasteiger charge is 2.29. The molecule has 1 unspecified atom stereocenters. The maximum absolute atomic E-state index is 15.3. The van der Waals surface area contributed by atoms with Crippen molar-refractivity contribution in [3.63, 3.8) is 0 Å². The molecule has 3 rings (SSSR count). The Labute approximate surface area is 187 Å². The van der Waals surface area contributed by atoms with E-state index in [-0.39, 0.29) is 0 Å². The number of ether oxygens (including phenoxy) is 1. The van der Waals surface area contributed by atoms with Crippen molar-refractivity contribution in [1.82, 2.24) is 5.32 Å². The van der Waals surface area contributed by atoms with Crippen LogP contribution in [0.1, 0.15) is 75.5 Å². The van der Waals surface area contributed by atoms with Crippen molar-refractivity contribution in [2.45, 2.75) is 71.0 Å². The first-order valence-corrected chi connectivity index (χ1v) is 11.8. The molecule has 166 valence electrons. The normalized spacial score (nSPS) is 17.8. The fourth-order valence-electron chi connectivity index (χ4n) is 3.82. The lowest BCUT2D eigenvalue weighted by Gasteiger charge is -2.26. The third-order valence-corrected chi connectivity index (χ3v) is 5.92. The summed E-state index contributed by atoms with van der Waals surface area (Å²) in [5.41, 5.74) is 3.82. The molecule has 2 nitrogen and oxygen atoms in total. The van der Waals surface area contributed by atoms with Crippen LogP contribution in [0.25, 0.3) is 5.57 Å². The van der Waals surface area contributed by atoms with Gasteiger partial charge in [-0.2, -0.15) is 0 Å². The molecule has 0 aromatic heterocycles. The maximum Gasteiger partial charge on any atom is 0.225 e. The minimum absolute atomic E-state index is 0.616. The predicted octanol–water partition coefficient (Wildman–Crippen LogP) is 7.70. The Hall–Kier alpha value is -2.55. The Morgan fingerprint density at radius 1 is 0.839 bits per heavy atom. The van der Waals surface area contributed by atoms with Crippen LogP contribution < -0.4 is 10.1 Å². The molecule has 0 fully saturated rings. The largest absolute Gasteiger partial charge is 0.494 e. The summed E-state index contributed by atoms with van der Waals surface area (Å²) < 4.78 is 21.2. The second kappa shape index (κ2) is 11.7. The first-order valence-electron chi connectivity index (χ1n) is 11.8. The zero-order valence-electron chi connectivity index (χ0n) is 19.0. The van der Waals surface area contributed by atoms with E-state index in [0.29, 0.717) is 5.56 Å². The first-order chi connectivity index (χ1) is 15.1. The van der Waals surface area contributed by atoms with Gasteiger partial charge in [-0.15, -0.1) is 0 Å². The number of unbranched alkanes of at least 4 members (excludes halogenated alkanes) is 6. The summed E-state index contributed by atoms with van der Waals surface area (Å²) >= 11 is 0. The lowest BCUT2D eigenvalue weighted by Crippen LogP contribution is -2.34. The molecular weight excluding hydrogens is 385 g/mol. The lowest BCUT2D eigenvalue weighted by molar-refractivity contribution is 0.200. The smallest absolute Gasteiger partial charge is 0.225 e. The highest BCUT2D eigenvalue weighted by atomic mass is 19.1. The van der Waals surface area contributed by atoms with Crippen LogP contribution in [-0.2, 0) is 12.2 Å². The van der Waals surface area contributed by atoms with Crippen molar-refractivity contribution < 1.29 is 9.13 Å². The lowest BCUT2D eigenvalue weighted by atomic mass is 9.96. The third kappa shape index (κ3) is 6.72. The van der Waals surface area contributed by atoms with Gasteiger partial charge in [-0.05, 0) is 47.8 Å². The summed E-state index contributed by atoms with van der Waals surface area (Å²) in [5.74, 6) is -0.783. The van der Waals surface area contributed by atoms with Crippen LogP contribution in [0.15, 0.2) is 66.9 Å². The molecule has 2 aromatic rings. The molecule has 1 heterocycles. The topological polar surface area (TPSA) is 21.3 Å². The molecule has 2 aromatic carbocycles. The summed E-state index contributed by atoms with van der Waals surface area (Å²) in [6.45, 7) is 5.11. The van der Waals surface area contributed by atoms with E-state index >= 15 is 4.39 Å². The van der Waals surface area contributed by atoms with Gasteiger partial charge in [-0.1, -0.05) is 94.8 Å². The van der Waals surface area contributed by atoms with Crippen LogP contribution in [-0.4, -0.2) is 6.61 Å². The van der Waals surface area contributed by atoms with Crippen molar-refractivity contribution in [2.75, 3.05) is 6.61 Å². The molecule has 0 bridgehead atoms. The van der Waals surface area contributed by atoms with Gasteiger partial charge in [-0.25, -0.2) is 4.39 Å². The van der Waals surface area contributed by atoms with Crippen LogP contribution in [0.2, 0.25) is 0 Å². The zero-order chi connectivity index (χ0) is 21.9. The van der Waals surface area contributed by atoms with Gasteiger partial charge in [0.05, 0.1) is 6.61 Å². The molecule has 0 saturated carbocycles. The molecule has 0 saturated heterocycles. The van der Waals surface area contributed by atoms with Gasteiger partial charge in [0.15, 0.2) is 0 Å². The van der Waals surface area contributed by atoms with E-state index in [1.165, 1.54) is 44.1 Å². The number of rotatable bonds is 12. The van der Waals surface area contributed by atoms with Gasteiger partial charge >= 0.3 is 0 Å². The maximum atomic E-state index is 15.3. The Kier molecular flexibility index (Phi) is 8.75. The highest BCUT2D eigenvalue weighted by Crippen LogP contribution is 2.31. The standard InChI is InChI=1S/C28H36FNO/c1-3-5-6-7-8-9-10-21-31-27-17-13-24(14-18-27)25-19-20-28(29,30-22-25)26-15-11-23(4-2)12-16-26/h11-20,22,30H,3-10,21H2,1-2H3. The number of halogens is 1. The van der Waals surface area contributed by atoms with E-state index in [0.717, 1.165) is 36.3 Å². The molecule has 1 atom stereocenters. The molecule has 1 aliphatic rings. The number of benzene rings is 2. The summed E-state index contributed by atoms with van der Waals surface area (Å²) in [4.78, 5) is 0. The number of allylic oxidation sites excluding steroid dienone is 2. The molecule has 31 heavy (non-hydrogen) atoms. The van der Waals surface area contributed by atoms with Crippen LogP contribution in [0.5, 0.6) is 5.75 Å². The van der Waals surface area contributed by atoms with Crippen molar-refractivity contribution in [1.29, 1.82) is 0 Å². The second-order valence-electron chi connectivity index (χ2n) is 8.33. The molecule has 1 N–H and O–H groups in total. The van der Waals surface area contributed by atoms with Crippen LogP contribution in [0.3, 0.4) is 0 Å². The van der Waals surface area contributed by atoms with Gasteiger partial charge < -0.3 is 10.1 Å². The number of aryl methyl sites for hydroxylation is 1. The minimum atomic E-state index is -1.67. The SMILES string of the molecule is CCCCCCCCCOc1ccc(C2=CNC(F)(c3ccc(CC)cc3)C=C2)cc1. The van der Waals surface area contributed by atoms with E-state index in [1.807, 2.05) is 54.6 Å². The molecular formula is C28H36FNO. The van der Waals surface area contributed by atoms with E-state index in [1.54, 1.807) is 12.3 Å². The van der Waals surface area contributed by atoms with Gasteiger partial charge in [0, 0.05) is 11.8 Å². The molecule has 0 amide bonds. The summed E-state index contributed by atoms with van der Waals surface area (Å²) in [6, 6.07) is 15.7. The zero-order valence-corrected chi connectivity index (χ0v) is 19.0. The fourth-order valence-corrected chi connectivity index (χ4v) is 3.82. The van der Waals surface area contributed by atoms with Gasteiger partial charge in [0.2, 0.25) is 5.79 Å². The Balaban J connectivity index is 1.46. The van der Waals surface area contributed by atoms with E-state index < -0.39 is 5.79 Å². The Bertz CT molecular complexity index is 854. The fraction of sp³-hybridized carbons (Fsp3) is 0.429. The second-order valence-corrected chi connectivity index (χ2v) is 8.33. The summed E-state index contributed by atoms with van der Waals surface area (Å²) in [5, 5.41) is 2.93. The average Bonchev–Trinajstić information content (AvgIpc) is 2.82. The number of hydrogen-bond donors (Lipinski definition) is 1. The predicted molar refractivity (Wildman–Crippen MR) is 129 cm³/mol. The van der Waals surface area contributed by atoms with Crippen molar-refractivity contribution in [2.24, 2.45) is 0 Å². The average molecular weight is 422 g/mol. The molecule has 0 radical (unpaired) electrons. The Morgan fingerprint density at radius 3 is 2.13 bits per heavy atom. The summed E-state index contributed by atoms with van der Waals surface area (Å²) in [7, 11) is 0. The monoisotopic (exact) mass is 421 g/mol. The van der Waals surface area contributed by atoms with Crippen molar-refractivity contribution in [3.8, 4) is 5.75 Å².